The highest BCUT2D eigenvalue weighted by Gasteiger charge is 2.21. The molecule has 0 unspecified atom stereocenters. The molecule has 9 aromatic carbocycles. The fraction of sp³-hybridized carbons (Fsp3) is 0. The Morgan fingerprint density at radius 2 is 0.897 bits per heavy atom. The molecule has 272 valence electrons. The average Bonchev–Trinajstić information content (AvgIpc) is 3.95. The van der Waals surface area contributed by atoms with E-state index in [1.807, 2.05) is 12.1 Å². The molecule has 0 aliphatic carbocycles. The minimum absolute atomic E-state index is 0.889. The van der Waals surface area contributed by atoms with Gasteiger partial charge in [0.1, 0.15) is 11.2 Å². The minimum Gasteiger partial charge on any atom is -0.456 e. The smallest absolute Gasteiger partial charge is 0.137 e. The van der Waals surface area contributed by atoms with Crippen molar-refractivity contribution >= 4 is 82.6 Å². The first-order valence-corrected chi connectivity index (χ1v) is 19.8. The van der Waals surface area contributed by atoms with Crippen LogP contribution in [0.15, 0.2) is 217 Å². The van der Waals surface area contributed by atoms with Gasteiger partial charge in [-0.05, 0) is 96.1 Å². The number of rotatable bonds is 6. The molecule has 3 heterocycles. The molecule has 0 atom stereocenters. The Hall–Kier alpha value is -7.82. The molecule has 12 aromatic rings. The number of aromatic nitrogens is 2. The van der Waals surface area contributed by atoms with Gasteiger partial charge in [0.05, 0.1) is 27.8 Å². The number of benzene rings is 9. The quantitative estimate of drug-likeness (QED) is 0.170. The third-order valence-corrected chi connectivity index (χ3v) is 11.7. The van der Waals surface area contributed by atoms with Crippen LogP contribution < -0.4 is 4.90 Å². The molecule has 12 rings (SSSR count). The van der Waals surface area contributed by atoms with E-state index < -0.39 is 0 Å². The number of nitrogens with zero attached hydrogens (tertiary/aromatic N) is 3. The van der Waals surface area contributed by atoms with Gasteiger partial charge in [-0.3, -0.25) is 0 Å². The van der Waals surface area contributed by atoms with E-state index >= 15 is 0 Å². The van der Waals surface area contributed by atoms with Crippen LogP contribution >= 0.6 is 0 Å². The summed E-state index contributed by atoms with van der Waals surface area (Å²) in [6.45, 7) is 0. The van der Waals surface area contributed by atoms with E-state index in [0.717, 1.165) is 67.0 Å². The Bertz CT molecular complexity index is 3500. The monoisotopic (exact) mass is 741 g/mol. The third kappa shape index (κ3) is 4.95. The number of hydrogen-bond donors (Lipinski definition) is 0. The Morgan fingerprint density at radius 3 is 1.71 bits per heavy atom. The van der Waals surface area contributed by atoms with Gasteiger partial charge in [0.2, 0.25) is 0 Å². The molecule has 0 bridgehead atoms. The van der Waals surface area contributed by atoms with Crippen LogP contribution in [-0.2, 0) is 0 Å². The van der Waals surface area contributed by atoms with E-state index in [-0.39, 0.29) is 0 Å². The van der Waals surface area contributed by atoms with E-state index in [1.165, 1.54) is 38.1 Å². The topological polar surface area (TPSA) is 26.2 Å². The Balaban J connectivity index is 1.00. The standard InChI is InChI=1S/C54H35N3O/c1-3-14-38(15-4-1)55(49-23-13-24-50-54(49)46-20-8-11-22-48(46)56(50)39-16-5-2-6-17-39)40-29-26-36(27-30-40)37-28-32-43-42-18-7-10-21-47(42)57(51(43)34-37)41-31-33-45-44-19-9-12-25-52(44)58-53(45)35-41/h1-35H. The zero-order valence-electron chi connectivity index (χ0n) is 31.5. The molecule has 0 radical (unpaired) electrons. The number of para-hydroxylation sites is 5. The summed E-state index contributed by atoms with van der Waals surface area (Å²) in [4.78, 5) is 2.39. The van der Waals surface area contributed by atoms with Crippen molar-refractivity contribution in [1.29, 1.82) is 0 Å². The van der Waals surface area contributed by atoms with Crippen molar-refractivity contribution < 1.29 is 4.42 Å². The third-order valence-electron chi connectivity index (χ3n) is 11.7. The lowest BCUT2D eigenvalue weighted by molar-refractivity contribution is 0.668. The maximum absolute atomic E-state index is 6.35. The van der Waals surface area contributed by atoms with Crippen molar-refractivity contribution in [3.63, 3.8) is 0 Å². The Kier molecular flexibility index (Phi) is 7.20. The first-order valence-electron chi connectivity index (χ1n) is 19.8. The van der Waals surface area contributed by atoms with E-state index in [4.69, 9.17) is 4.42 Å². The van der Waals surface area contributed by atoms with Crippen LogP contribution in [0.1, 0.15) is 0 Å². The lowest BCUT2D eigenvalue weighted by atomic mass is 10.0. The maximum atomic E-state index is 6.35. The van der Waals surface area contributed by atoms with Gasteiger partial charge in [-0.25, -0.2) is 0 Å². The summed E-state index contributed by atoms with van der Waals surface area (Å²) >= 11 is 0. The molecule has 0 saturated carbocycles. The molecule has 58 heavy (non-hydrogen) atoms. The van der Waals surface area contributed by atoms with E-state index in [1.54, 1.807) is 0 Å². The van der Waals surface area contributed by atoms with Crippen LogP contribution in [0.5, 0.6) is 0 Å². The molecule has 4 heteroatoms. The summed E-state index contributed by atoms with van der Waals surface area (Å²) in [6, 6.07) is 76.2. The average molecular weight is 742 g/mol. The van der Waals surface area contributed by atoms with Gasteiger partial charge < -0.3 is 18.5 Å². The van der Waals surface area contributed by atoms with Gasteiger partial charge in [0.15, 0.2) is 0 Å². The molecule has 0 saturated heterocycles. The van der Waals surface area contributed by atoms with Crippen LogP contribution in [0.4, 0.5) is 17.1 Å². The van der Waals surface area contributed by atoms with Gasteiger partial charge in [-0.1, -0.05) is 121 Å². The molecular formula is C54H35N3O. The highest BCUT2D eigenvalue weighted by atomic mass is 16.3. The van der Waals surface area contributed by atoms with Gasteiger partial charge >= 0.3 is 0 Å². The first-order chi connectivity index (χ1) is 28.8. The predicted octanol–water partition coefficient (Wildman–Crippen LogP) is 14.9. The van der Waals surface area contributed by atoms with Crippen molar-refractivity contribution in [3.05, 3.63) is 212 Å². The lowest BCUT2D eigenvalue weighted by Crippen LogP contribution is -2.10. The fourth-order valence-electron chi connectivity index (χ4n) is 9.13. The first kappa shape index (κ1) is 32.4. The number of furan rings is 1. The summed E-state index contributed by atoms with van der Waals surface area (Å²) in [7, 11) is 0. The van der Waals surface area contributed by atoms with Crippen LogP contribution in [-0.4, -0.2) is 9.13 Å². The second-order valence-corrected chi connectivity index (χ2v) is 14.9. The zero-order valence-corrected chi connectivity index (χ0v) is 31.5. The molecule has 0 fully saturated rings. The fourth-order valence-corrected chi connectivity index (χ4v) is 9.13. The van der Waals surface area contributed by atoms with Crippen molar-refractivity contribution in [2.45, 2.75) is 0 Å². The zero-order chi connectivity index (χ0) is 38.2. The lowest BCUT2D eigenvalue weighted by Gasteiger charge is -2.26. The summed E-state index contributed by atoms with van der Waals surface area (Å²) < 4.78 is 11.1. The van der Waals surface area contributed by atoms with E-state index in [2.05, 4.69) is 214 Å². The molecule has 0 aliphatic heterocycles. The van der Waals surface area contributed by atoms with E-state index in [9.17, 15) is 0 Å². The second-order valence-electron chi connectivity index (χ2n) is 14.9. The maximum Gasteiger partial charge on any atom is 0.137 e. The van der Waals surface area contributed by atoms with Gasteiger partial charge in [0, 0.05) is 61.1 Å². The summed E-state index contributed by atoms with van der Waals surface area (Å²) in [5.41, 5.74) is 14.3. The number of anilines is 3. The largest absolute Gasteiger partial charge is 0.456 e. The molecule has 0 spiro atoms. The van der Waals surface area contributed by atoms with Crippen LogP contribution in [0.3, 0.4) is 0 Å². The SMILES string of the molecule is c1ccc(N(c2ccc(-c3ccc4c5ccccc5n(-c5ccc6c(c5)oc5ccccc56)c4c3)cc2)c2cccc3c2c2ccccc2n3-c2ccccc2)cc1. The number of hydrogen-bond acceptors (Lipinski definition) is 2. The summed E-state index contributed by atoms with van der Waals surface area (Å²) in [5.74, 6) is 0. The molecule has 0 aliphatic rings. The van der Waals surface area contributed by atoms with E-state index in [0.29, 0.717) is 0 Å². The normalized spacial score (nSPS) is 11.8. The Morgan fingerprint density at radius 1 is 0.328 bits per heavy atom. The van der Waals surface area contributed by atoms with Crippen molar-refractivity contribution in [3.8, 4) is 22.5 Å². The second kappa shape index (κ2) is 12.9. The van der Waals surface area contributed by atoms with Gasteiger partial charge in [-0.2, -0.15) is 0 Å². The summed E-state index contributed by atoms with van der Waals surface area (Å²) in [5, 5.41) is 7.15. The predicted molar refractivity (Wildman–Crippen MR) is 243 cm³/mol. The molecule has 0 N–H and O–H groups in total. The van der Waals surface area contributed by atoms with Crippen molar-refractivity contribution in [1.82, 2.24) is 9.13 Å². The molecule has 0 amide bonds. The van der Waals surface area contributed by atoms with Crippen LogP contribution in [0.2, 0.25) is 0 Å². The molecule has 4 nitrogen and oxygen atoms in total. The Labute approximate surface area is 334 Å². The highest BCUT2D eigenvalue weighted by Crippen LogP contribution is 2.44. The van der Waals surface area contributed by atoms with Crippen molar-refractivity contribution in [2.75, 3.05) is 4.90 Å². The van der Waals surface area contributed by atoms with Crippen LogP contribution in [0.25, 0.3) is 88.1 Å². The minimum atomic E-state index is 0.889. The molecular weight excluding hydrogens is 707 g/mol. The van der Waals surface area contributed by atoms with Crippen molar-refractivity contribution in [2.24, 2.45) is 0 Å². The van der Waals surface area contributed by atoms with Crippen LogP contribution in [0, 0.1) is 0 Å². The molecule has 3 aromatic heterocycles. The summed E-state index contributed by atoms with van der Waals surface area (Å²) in [6.07, 6.45) is 0. The van der Waals surface area contributed by atoms with Gasteiger partial charge in [-0.15, -0.1) is 0 Å². The van der Waals surface area contributed by atoms with Gasteiger partial charge in [0.25, 0.3) is 0 Å². The highest BCUT2D eigenvalue weighted by molar-refractivity contribution is 6.17. The number of fused-ring (bicyclic) bond motifs is 9.